The summed E-state index contributed by atoms with van der Waals surface area (Å²) in [7, 11) is 3.41. The van der Waals surface area contributed by atoms with E-state index in [4.69, 9.17) is 15.2 Å². The summed E-state index contributed by atoms with van der Waals surface area (Å²) < 4.78 is 10.3. The van der Waals surface area contributed by atoms with E-state index >= 15 is 0 Å². The third-order valence-electron chi connectivity index (χ3n) is 3.15. The van der Waals surface area contributed by atoms with Crippen molar-refractivity contribution in [3.63, 3.8) is 0 Å². The summed E-state index contributed by atoms with van der Waals surface area (Å²) in [6.45, 7) is 5.03. The van der Waals surface area contributed by atoms with Crippen molar-refractivity contribution < 1.29 is 9.47 Å². The average molecular weight is 310 g/mol. The first-order chi connectivity index (χ1) is 10.2. The van der Waals surface area contributed by atoms with Crippen molar-refractivity contribution in [2.75, 3.05) is 51.2 Å². The van der Waals surface area contributed by atoms with Gasteiger partial charge in [-0.15, -0.1) is 11.3 Å². The number of anilines is 2. The molecule has 2 aromatic rings. The van der Waals surface area contributed by atoms with Crippen LogP contribution in [0.25, 0.3) is 10.2 Å². The normalized spacial score (nSPS) is 11.2. The maximum Gasteiger partial charge on any atom is 0.223 e. The number of aryl methyl sites for hydroxylation is 1. The monoisotopic (exact) mass is 310 g/mol. The summed E-state index contributed by atoms with van der Waals surface area (Å²) in [6.07, 6.45) is 0.925. The molecular weight excluding hydrogens is 288 g/mol. The quantitative estimate of drug-likeness (QED) is 0.753. The minimum absolute atomic E-state index is 0.313. The second-order valence-corrected chi connectivity index (χ2v) is 6.04. The molecule has 6 nitrogen and oxygen atoms in total. The van der Waals surface area contributed by atoms with Gasteiger partial charge in [0.1, 0.15) is 10.6 Å². The van der Waals surface area contributed by atoms with Crippen LogP contribution in [0.5, 0.6) is 0 Å². The molecule has 0 atom stereocenters. The maximum atomic E-state index is 5.86. The molecule has 0 aliphatic carbocycles. The van der Waals surface area contributed by atoms with Crippen molar-refractivity contribution in [3.05, 3.63) is 10.9 Å². The number of hydrogen-bond donors (Lipinski definition) is 1. The number of nitrogens with two attached hydrogens (primary N) is 1. The van der Waals surface area contributed by atoms with Gasteiger partial charge in [-0.1, -0.05) is 0 Å². The highest BCUT2D eigenvalue weighted by Crippen LogP contribution is 2.31. The van der Waals surface area contributed by atoms with E-state index < -0.39 is 0 Å². The van der Waals surface area contributed by atoms with Crippen molar-refractivity contribution in [2.24, 2.45) is 0 Å². The lowest BCUT2D eigenvalue weighted by Crippen LogP contribution is -2.30. The molecule has 0 amide bonds. The van der Waals surface area contributed by atoms with Gasteiger partial charge in [0, 0.05) is 38.8 Å². The number of aromatic nitrogens is 2. The summed E-state index contributed by atoms with van der Waals surface area (Å²) in [6, 6.07) is 2.12. The van der Waals surface area contributed by atoms with E-state index in [1.165, 1.54) is 4.88 Å². The van der Waals surface area contributed by atoms with Crippen molar-refractivity contribution in [1.29, 1.82) is 0 Å². The summed E-state index contributed by atoms with van der Waals surface area (Å²) in [5.41, 5.74) is 5.86. The molecule has 0 saturated carbocycles. The zero-order chi connectivity index (χ0) is 15.2. The van der Waals surface area contributed by atoms with Crippen molar-refractivity contribution in [2.45, 2.75) is 13.3 Å². The van der Waals surface area contributed by atoms with Gasteiger partial charge in [0.05, 0.1) is 12.0 Å². The van der Waals surface area contributed by atoms with Crippen LogP contribution in [0.2, 0.25) is 0 Å². The van der Waals surface area contributed by atoms with Crippen molar-refractivity contribution >= 4 is 33.3 Å². The summed E-state index contributed by atoms with van der Waals surface area (Å²) >= 11 is 1.64. The lowest BCUT2D eigenvalue weighted by Gasteiger charge is -2.24. The van der Waals surface area contributed by atoms with Gasteiger partial charge in [-0.2, -0.15) is 4.98 Å². The van der Waals surface area contributed by atoms with Gasteiger partial charge < -0.3 is 20.1 Å². The molecule has 116 valence electrons. The zero-order valence-corrected chi connectivity index (χ0v) is 13.6. The van der Waals surface area contributed by atoms with E-state index in [0.29, 0.717) is 12.6 Å². The van der Waals surface area contributed by atoms with E-state index in [0.717, 1.165) is 42.2 Å². The molecular formula is C14H22N4O2S. The van der Waals surface area contributed by atoms with Crippen LogP contribution in [0.3, 0.4) is 0 Å². The van der Waals surface area contributed by atoms with Crippen LogP contribution in [0.4, 0.5) is 11.8 Å². The van der Waals surface area contributed by atoms with Crippen LogP contribution in [0, 0.1) is 6.92 Å². The van der Waals surface area contributed by atoms with E-state index in [2.05, 4.69) is 27.9 Å². The number of fused-ring (bicyclic) bond motifs is 1. The van der Waals surface area contributed by atoms with Gasteiger partial charge >= 0.3 is 0 Å². The smallest absolute Gasteiger partial charge is 0.223 e. The molecule has 2 N–H and O–H groups in total. The molecule has 0 unspecified atom stereocenters. The number of ether oxygens (including phenoxy) is 2. The molecule has 0 fully saturated rings. The third kappa shape index (κ3) is 4.03. The fraction of sp³-hybridized carbons (Fsp3) is 0.571. The number of nitrogen functional groups attached to an aromatic ring is 1. The van der Waals surface area contributed by atoms with Crippen LogP contribution in [-0.2, 0) is 9.47 Å². The van der Waals surface area contributed by atoms with Gasteiger partial charge in [0.15, 0.2) is 0 Å². The Hall–Kier alpha value is -1.44. The van der Waals surface area contributed by atoms with Crippen LogP contribution in [0.1, 0.15) is 11.3 Å². The Bertz CT molecular complexity index is 588. The Kier molecular flexibility index (Phi) is 5.72. The van der Waals surface area contributed by atoms with Gasteiger partial charge in [-0.3, -0.25) is 0 Å². The van der Waals surface area contributed by atoms with E-state index in [1.54, 1.807) is 25.6 Å². The fourth-order valence-corrected chi connectivity index (χ4v) is 3.09. The highest BCUT2D eigenvalue weighted by atomic mass is 32.1. The van der Waals surface area contributed by atoms with Gasteiger partial charge in [0.25, 0.3) is 0 Å². The minimum Gasteiger partial charge on any atom is -0.385 e. The van der Waals surface area contributed by atoms with Crippen LogP contribution >= 0.6 is 11.3 Å². The third-order valence-corrected chi connectivity index (χ3v) is 4.10. The minimum atomic E-state index is 0.313. The lowest BCUT2D eigenvalue weighted by molar-refractivity contribution is 0.191. The molecule has 0 radical (unpaired) electrons. The van der Waals surface area contributed by atoms with Crippen LogP contribution in [0.15, 0.2) is 6.07 Å². The topological polar surface area (TPSA) is 73.5 Å². The first kappa shape index (κ1) is 15.9. The van der Waals surface area contributed by atoms with Crippen LogP contribution in [-0.4, -0.2) is 50.5 Å². The van der Waals surface area contributed by atoms with Gasteiger partial charge in [0.2, 0.25) is 5.95 Å². The Labute approximate surface area is 128 Å². The molecule has 2 aromatic heterocycles. The zero-order valence-electron chi connectivity index (χ0n) is 12.8. The second kappa shape index (κ2) is 7.53. The second-order valence-electron chi connectivity index (χ2n) is 4.81. The average Bonchev–Trinajstić information content (AvgIpc) is 2.82. The largest absolute Gasteiger partial charge is 0.385 e. The summed E-state index contributed by atoms with van der Waals surface area (Å²) in [4.78, 5) is 13.1. The Morgan fingerprint density at radius 2 is 1.95 bits per heavy atom. The summed E-state index contributed by atoms with van der Waals surface area (Å²) in [5, 5.41) is 1.06. The highest BCUT2D eigenvalue weighted by Gasteiger charge is 2.15. The number of methoxy groups -OCH3 is 2. The Morgan fingerprint density at radius 3 is 2.67 bits per heavy atom. The standard InChI is InChI=1S/C14H22N4O2S/c1-10-9-11-12(16-14(15)17-13(11)21-10)18(6-8-20-3)5-4-7-19-2/h9H,4-8H2,1-3H3,(H2,15,16,17). The van der Waals surface area contributed by atoms with Crippen molar-refractivity contribution in [3.8, 4) is 0 Å². The molecule has 7 heteroatoms. The molecule has 21 heavy (non-hydrogen) atoms. The SMILES string of the molecule is COCCCN(CCOC)c1nc(N)nc2sc(C)cc12. The van der Waals surface area contributed by atoms with E-state index in [1.807, 2.05) is 0 Å². The molecule has 0 aliphatic rings. The molecule has 2 heterocycles. The van der Waals surface area contributed by atoms with E-state index in [9.17, 15) is 0 Å². The number of thiophene rings is 1. The molecule has 0 saturated heterocycles. The molecule has 2 rings (SSSR count). The Balaban J connectivity index is 2.32. The van der Waals surface area contributed by atoms with Crippen LogP contribution < -0.4 is 10.6 Å². The molecule has 0 aliphatic heterocycles. The first-order valence-electron chi connectivity index (χ1n) is 6.92. The number of hydrogen-bond acceptors (Lipinski definition) is 7. The lowest BCUT2D eigenvalue weighted by atomic mass is 10.3. The maximum absolute atomic E-state index is 5.86. The predicted octanol–water partition coefficient (Wildman–Crippen LogP) is 2.07. The van der Waals surface area contributed by atoms with Gasteiger partial charge in [-0.25, -0.2) is 4.98 Å². The molecule has 0 bridgehead atoms. The van der Waals surface area contributed by atoms with Gasteiger partial charge in [-0.05, 0) is 19.4 Å². The Morgan fingerprint density at radius 1 is 1.19 bits per heavy atom. The first-order valence-corrected chi connectivity index (χ1v) is 7.74. The highest BCUT2D eigenvalue weighted by molar-refractivity contribution is 7.18. The predicted molar refractivity (Wildman–Crippen MR) is 87.1 cm³/mol. The van der Waals surface area contributed by atoms with Crippen molar-refractivity contribution in [1.82, 2.24) is 9.97 Å². The number of nitrogens with zero attached hydrogens (tertiary/aromatic N) is 3. The van der Waals surface area contributed by atoms with E-state index in [-0.39, 0.29) is 0 Å². The molecule has 0 aromatic carbocycles. The summed E-state index contributed by atoms with van der Waals surface area (Å²) in [5.74, 6) is 1.20. The fourth-order valence-electron chi connectivity index (χ4n) is 2.21. The number of rotatable bonds is 8. The molecule has 0 spiro atoms.